The summed E-state index contributed by atoms with van der Waals surface area (Å²) in [5.74, 6) is 3.02. The van der Waals surface area contributed by atoms with Crippen molar-refractivity contribution >= 4 is 0 Å². The first-order valence-electron chi connectivity index (χ1n) is 8.50. The molecule has 0 aromatic heterocycles. The average molecular weight is 343 g/mol. The summed E-state index contributed by atoms with van der Waals surface area (Å²) in [6, 6.07) is 10.3. The van der Waals surface area contributed by atoms with E-state index >= 15 is 0 Å². The summed E-state index contributed by atoms with van der Waals surface area (Å²) >= 11 is 0. The molecule has 25 heavy (non-hydrogen) atoms. The van der Waals surface area contributed by atoms with Gasteiger partial charge < -0.3 is 24.3 Å². The lowest BCUT2D eigenvalue weighted by Gasteiger charge is -2.29. The van der Waals surface area contributed by atoms with Gasteiger partial charge in [-0.2, -0.15) is 0 Å². The number of rotatable bonds is 6. The van der Waals surface area contributed by atoms with Crippen LogP contribution < -0.4 is 24.3 Å². The molecule has 0 radical (unpaired) electrons. The molecule has 5 nitrogen and oxygen atoms in total. The molecular weight excluding hydrogens is 318 g/mol. The van der Waals surface area contributed by atoms with Crippen molar-refractivity contribution in [1.29, 1.82) is 0 Å². The zero-order valence-corrected chi connectivity index (χ0v) is 15.2. The maximum atomic E-state index is 5.72. The van der Waals surface area contributed by atoms with E-state index in [2.05, 4.69) is 23.5 Å². The summed E-state index contributed by atoms with van der Waals surface area (Å²) in [5, 5.41) is 3.59. The van der Waals surface area contributed by atoms with Gasteiger partial charge in [0.25, 0.3) is 0 Å². The number of fused-ring (bicyclic) bond motifs is 1. The lowest BCUT2D eigenvalue weighted by Crippen LogP contribution is -2.30. The molecule has 5 heteroatoms. The quantitative estimate of drug-likeness (QED) is 0.872. The second kappa shape index (κ2) is 7.66. The molecule has 0 unspecified atom stereocenters. The Morgan fingerprint density at radius 1 is 0.920 bits per heavy atom. The van der Waals surface area contributed by atoms with Gasteiger partial charge in [0.2, 0.25) is 0 Å². The van der Waals surface area contributed by atoms with E-state index in [-0.39, 0.29) is 6.04 Å². The van der Waals surface area contributed by atoms with Crippen molar-refractivity contribution in [2.24, 2.45) is 0 Å². The molecule has 3 rings (SSSR count). The van der Waals surface area contributed by atoms with Gasteiger partial charge in [0.05, 0.1) is 34.0 Å². The Morgan fingerprint density at radius 2 is 1.64 bits per heavy atom. The van der Waals surface area contributed by atoms with Crippen LogP contribution in [-0.2, 0) is 6.42 Å². The van der Waals surface area contributed by atoms with Gasteiger partial charge in [-0.25, -0.2) is 0 Å². The monoisotopic (exact) mass is 343 g/mol. The van der Waals surface area contributed by atoms with Crippen molar-refractivity contribution in [2.75, 3.05) is 34.5 Å². The molecule has 1 aliphatic heterocycles. The highest BCUT2D eigenvalue weighted by Gasteiger charge is 2.25. The van der Waals surface area contributed by atoms with E-state index in [0.29, 0.717) is 6.61 Å². The second-order valence-electron chi connectivity index (χ2n) is 5.89. The molecule has 1 heterocycles. The maximum absolute atomic E-state index is 5.72. The highest BCUT2D eigenvalue weighted by molar-refractivity contribution is 5.53. The molecule has 0 amide bonds. The van der Waals surface area contributed by atoms with E-state index in [0.717, 1.165) is 41.5 Å². The average Bonchev–Trinajstić information content (AvgIpc) is 2.66. The number of benzene rings is 2. The van der Waals surface area contributed by atoms with Gasteiger partial charge in [-0.1, -0.05) is 6.07 Å². The largest absolute Gasteiger partial charge is 0.493 e. The fourth-order valence-corrected chi connectivity index (χ4v) is 3.32. The first-order chi connectivity index (χ1) is 12.2. The summed E-state index contributed by atoms with van der Waals surface area (Å²) in [7, 11) is 4.97. The first-order valence-corrected chi connectivity index (χ1v) is 8.50. The minimum atomic E-state index is 0.0770. The predicted octanol–water partition coefficient (Wildman–Crippen LogP) is 3.35. The molecule has 1 atom stereocenters. The Balaban J connectivity index is 2.04. The molecule has 0 fully saturated rings. The highest BCUT2D eigenvalue weighted by atomic mass is 16.5. The molecule has 0 spiro atoms. The van der Waals surface area contributed by atoms with Crippen LogP contribution in [0.4, 0.5) is 0 Å². The van der Waals surface area contributed by atoms with Crippen molar-refractivity contribution in [2.45, 2.75) is 19.4 Å². The van der Waals surface area contributed by atoms with Gasteiger partial charge in [-0.3, -0.25) is 0 Å². The minimum absolute atomic E-state index is 0.0770. The van der Waals surface area contributed by atoms with Gasteiger partial charge in [0.1, 0.15) is 0 Å². The van der Waals surface area contributed by atoms with Crippen LogP contribution >= 0.6 is 0 Å². The summed E-state index contributed by atoms with van der Waals surface area (Å²) in [6.45, 7) is 3.50. The second-order valence-corrected chi connectivity index (χ2v) is 5.89. The van der Waals surface area contributed by atoms with E-state index in [1.807, 2.05) is 19.1 Å². The molecular formula is C20H25NO4. The van der Waals surface area contributed by atoms with Crippen LogP contribution in [0.15, 0.2) is 30.3 Å². The fraction of sp³-hybridized carbons (Fsp3) is 0.400. The molecule has 2 aromatic carbocycles. The number of hydrogen-bond acceptors (Lipinski definition) is 5. The molecule has 134 valence electrons. The van der Waals surface area contributed by atoms with Crippen molar-refractivity contribution in [3.8, 4) is 23.0 Å². The van der Waals surface area contributed by atoms with E-state index < -0.39 is 0 Å². The van der Waals surface area contributed by atoms with E-state index in [9.17, 15) is 0 Å². The molecule has 2 aromatic rings. The predicted molar refractivity (Wildman–Crippen MR) is 97.3 cm³/mol. The zero-order chi connectivity index (χ0) is 17.8. The Labute approximate surface area is 148 Å². The maximum Gasteiger partial charge on any atom is 0.161 e. The van der Waals surface area contributed by atoms with Crippen molar-refractivity contribution in [3.05, 3.63) is 47.0 Å². The molecule has 1 aliphatic rings. The lowest BCUT2D eigenvalue weighted by molar-refractivity contribution is 0.309. The van der Waals surface area contributed by atoms with Crippen molar-refractivity contribution in [1.82, 2.24) is 5.32 Å². The Bertz CT molecular complexity index is 745. The summed E-state index contributed by atoms with van der Waals surface area (Å²) in [5.41, 5.74) is 3.62. The zero-order valence-electron chi connectivity index (χ0n) is 15.2. The van der Waals surface area contributed by atoms with Crippen LogP contribution in [0.25, 0.3) is 0 Å². The van der Waals surface area contributed by atoms with E-state index in [1.54, 1.807) is 21.3 Å². The minimum Gasteiger partial charge on any atom is -0.493 e. The van der Waals surface area contributed by atoms with Crippen LogP contribution in [0, 0.1) is 0 Å². The number of hydrogen-bond donors (Lipinski definition) is 1. The smallest absolute Gasteiger partial charge is 0.161 e. The summed E-state index contributed by atoms with van der Waals surface area (Å²) in [4.78, 5) is 0. The third-order valence-electron chi connectivity index (χ3n) is 4.52. The Hall–Kier alpha value is -2.40. The SMILES string of the molecule is CCOc1cc2c(cc1OC)[C@H](c1ccc(OC)c(OC)c1)NCC2. The topological polar surface area (TPSA) is 49.0 Å². The van der Waals surface area contributed by atoms with Gasteiger partial charge in [0, 0.05) is 6.54 Å². The third kappa shape index (κ3) is 3.37. The van der Waals surface area contributed by atoms with E-state index in [1.165, 1.54) is 11.1 Å². The lowest BCUT2D eigenvalue weighted by atomic mass is 9.89. The molecule has 0 bridgehead atoms. The first kappa shape index (κ1) is 17.4. The van der Waals surface area contributed by atoms with Crippen LogP contribution in [-0.4, -0.2) is 34.5 Å². The van der Waals surface area contributed by atoms with E-state index in [4.69, 9.17) is 18.9 Å². The van der Waals surface area contributed by atoms with Crippen LogP contribution in [0.3, 0.4) is 0 Å². The molecule has 0 saturated heterocycles. The normalized spacial score (nSPS) is 16.1. The van der Waals surface area contributed by atoms with Crippen LogP contribution in [0.2, 0.25) is 0 Å². The molecule has 0 aliphatic carbocycles. The number of nitrogens with one attached hydrogen (secondary N) is 1. The Morgan fingerprint density at radius 3 is 2.32 bits per heavy atom. The Kier molecular flexibility index (Phi) is 5.34. The number of ether oxygens (including phenoxy) is 4. The molecule has 0 saturated carbocycles. The van der Waals surface area contributed by atoms with Crippen LogP contribution in [0.5, 0.6) is 23.0 Å². The van der Waals surface area contributed by atoms with Gasteiger partial charge in [-0.15, -0.1) is 0 Å². The van der Waals surface area contributed by atoms with Gasteiger partial charge in [-0.05, 0) is 54.3 Å². The summed E-state index contributed by atoms with van der Waals surface area (Å²) in [6.07, 6.45) is 0.961. The van der Waals surface area contributed by atoms with Crippen LogP contribution in [0.1, 0.15) is 29.7 Å². The van der Waals surface area contributed by atoms with Gasteiger partial charge >= 0.3 is 0 Å². The standard InChI is InChI=1S/C20H25NO4/c1-5-25-19-10-13-8-9-21-20(15(13)12-18(19)24-4)14-6-7-16(22-2)17(11-14)23-3/h6-7,10-12,20-21H,5,8-9H2,1-4H3/t20-/m0/s1. The highest BCUT2D eigenvalue weighted by Crippen LogP contribution is 2.39. The van der Waals surface area contributed by atoms with Gasteiger partial charge in [0.15, 0.2) is 23.0 Å². The molecule has 1 N–H and O–H groups in total. The van der Waals surface area contributed by atoms with Crippen molar-refractivity contribution in [3.63, 3.8) is 0 Å². The fourth-order valence-electron chi connectivity index (χ4n) is 3.32. The van der Waals surface area contributed by atoms with Crippen molar-refractivity contribution < 1.29 is 18.9 Å². The summed E-state index contributed by atoms with van der Waals surface area (Å²) < 4.78 is 22.1. The number of methoxy groups -OCH3 is 3. The third-order valence-corrected chi connectivity index (χ3v) is 4.52.